The van der Waals surface area contributed by atoms with Crippen molar-refractivity contribution in [1.82, 2.24) is 0 Å². The van der Waals surface area contributed by atoms with Crippen molar-refractivity contribution < 1.29 is 114 Å². The topological polar surface area (TPSA) is 292 Å². The molecule has 27 atom stereocenters. The molecule has 0 aromatic rings. The SMILES string of the molecule is CCCC(C)(O[C@@H]1OC(COC)[C@@H](O[C@@H]2OC(CO)[C@@H](O)C(OC)[C@@H]2OC)C(OC)[C@@H]1OC)[C@H]1C(OC)C(OC)[C@@H](O[C@H]2C(OC)C(OC)[C@H](OC(C)(CC)[C@H]3C4CO[C@H](O4)[C@@H](N=[N+]=[N-])C3OC)O[C@H]2COC)O[C@H]1COC. The second-order valence-corrected chi connectivity index (χ2v) is 20.8. The molecule has 2 N–H and O–H groups in total. The summed E-state index contributed by atoms with van der Waals surface area (Å²) in [6.07, 6.45) is -18.2. The fraction of sp³-hybridized carbons (Fsp3) is 1.00. The third-order valence-corrected chi connectivity index (χ3v) is 16.6. The van der Waals surface area contributed by atoms with Gasteiger partial charge in [-0.3, -0.25) is 0 Å². The van der Waals surface area contributed by atoms with Crippen LogP contribution in [0.1, 0.15) is 47.0 Å². The lowest BCUT2D eigenvalue weighted by atomic mass is 9.74. The zero-order valence-corrected chi connectivity index (χ0v) is 48.3. The Hall–Kier alpha value is -1.65. The van der Waals surface area contributed by atoms with E-state index < -0.39 is 171 Å². The summed E-state index contributed by atoms with van der Waals surface area (Å²) in [7, 11) is 18.3. The summed E-state index contributed by atoms with van der Waals surface area (Å²) in [6.45, 7) is 7.79. The van der Waals surface area contributed by atoms with Crippen LogP contribution < -0.4 is 0 Å². The highest BCUT2D eigenvalue weighted by atomic mass is 16.8. The van der Waals surface area contributed by atoms with Gasteiger partial charge in [-0.05, 0) is 32.2 Å². The van der Waals surface area contributed by atoms with Crippen molar-refractivity contribution in [3.05, 3.63) is 10.4 Å². The van der Waals surface area contributed by atoms with Crippen LogP contribution >= 0.6 is 0 Å². The Bertz CT molecular complexity index is 1820. The maximum absolute atomic E-state index is 10.9. The molecule has 27 heteroatoms. The van der Waals surface area contributed by atoms with Gasteiger partial charge in [-0.1, -0.05) is 25.4 Å². The molecule has 6 heterocycles. The fourth-order valence-electron chi connectivity index (χ4n) is 12.8. The van der Waals surface area contributed by atoms with Gasteiger partial charge in [0.15, 0.2) is 31.5 Å². The quantitative estimate of drug-likeness (QED) is 0.0585. The number of ether oxygens (including phenoxy) is 22. The first-order valence-electron chi connectivity index (χ1n) is 26.7. The van der Waals surface area contributed by atoms with E-state index in [0.29, 0.717) is 19.3 Å². The Morgan fingerprint density at radius 3 is 1.38 bits per heavy atom. The number of methoxy groups -OCH3 is 12. The summed E-state index contributed by atoms with van der Waals surface area (Å²) in [5.74, 6) is -1.09. The highest BCUT2D eigenvalue weighted by molar-refractivity contribution is 5.07. The summed E-state index contributed by atoms with van der Waals surface area (Å²) in [5, 5.41) is 25.1. The molecule has 0 aliphatic carbocycles. The molecule has 0 aromatic heterocycles. The maximum atomic E-state index is 10.9. The van der Waals surface area contributed by atoms with Gasteiger partial charge in [0, 0.05) is 102 Å². The van der Waals surface area contributed by atoms with Crippen molar-refractivity contribution in [3.63, 3.8) is 0 Å². The molecule has 0 aromatic carbocycles. The number of hydrogen-bond donors (Lipinski definition) is 2. The van der Waals surface area contributed by atoms with Crippen molar-refractivity contribution >= 4 is 0 Å². The van der Waals surface area contributed by atoms with Crippen LogP contribution in [0.5, 0.6) is 0 Å². The molecule has 78 heavy (non-hydrogen) atoms. The van der Waals surface area contributed by atoms with Crippen LogP contribution in [0, 0.1) is 11.8 Å². The average Bonchev–Trinajstić information content (AvgIpc) is 3.93. The number of hydrogen-bond acceptors (Lipinski definition) is 25. The van der Waals surface area contributed by atoms with E-state index in [9.17, 15) is 15.7 Å². The predicted octanol–water partition coefficient (Wildman–Crippen LogP) is 1.51. The number of fused-ring (bicyclic) bond motifs is 2. The van der Waals surface area contributed by atoms with Crippen LogP contribution in [0.4, 0.5) is 0 Å². The van der Waals surface area contributed by atoms with Gasteiger partial charge in [0.2, 0.25) is 0 Å². The first-order valence-corrected chi connectivity index (χ1v) is 26.7. The van der Waals surface area contributed by atoms with E-state index in [0.717, 1.165) is 0 Å². The van der Waals surface area contributed by atoms with Crippen molar-refractivity contribution in [3.8, 4) is 0 Å². The molecule has 0 spiro atoms. The predicted molar refractivity (Wildman–Crippen MR) is 269 cm³/mol. The zero-order valence-electron chi connectivity index (χ0n) is 48.3. The molecule has 6 aliphatic rings. The Morgan fingerprint density at radius 2 is 0.949 bits per heavy atom. The van der Waals surface area contributed by atoms with Gasteiger partial charge in [0.25, 0.3) is 0 Å². The largest absolute Gasteiger partial charge is 0.394 e. The van der Waals surface area contributed by atoms with Crippen molar-refractivity contribution in [2.24, 2.45) is 17.0 Å². The average molecular weight is 1130 g/mol. The molecule has 0 amide bonds. The number of aliphatic hydroxyl groups is 2. The highest BCUT2D eigenvalue weighted by Gasteiger charge is 2.62. The Labute approximate surface area is 458 Å². The number of rotatable bonds is 30. The molecule has 6 fully saturated rings. The summed E-state index contributed by atoms with van der Waals surface area (Å²) in [6, 6.07) is -0.771. The van der Waals surface area contributed by atoms with Crippen molar-refractivity contribution in [1.29, 1.82) is 0 Å². The summed E-state index contributed by atoms with van der Waals surface area (Å²) < 4.78 is 139. The molecule has 0 radical (unpaired) electrons. The van der Waals surface area contributed by atoms with Gasteiger partial charge in [-0.2, -0.15) is 0 Å². The van der Waals surface area contributed by atoms with Gasteiger partial charge >= 0.3 is 0 Å². The van der Waals surface area contributed by atoms with E-state index in [1.165, 1.54) is 42.7 Å². The van der Waals surface area contributed by atoms with Gasteiger partial charge in [-0.15, -0.1) is 0 Å². The normalized spacial score (nSPS) is 43.6. The summed E-state index contributed by atoms with van der Waals surface area (Å²) >= 11 is 0. The van der Waals surface area contributed by atoms with E-state index in [1.807, 2.05) is 27.7 Å². The lowest BCUT2D eigenvalue weighted by Gasteiger charge is -2.55. The maximum Gasteiger partial charge on any atom is 0.187 e. The monoisotopic (exact) mass is 1130 g/mol. The lowest BCUT2D eigenvalue weighted by Crippen LogP contribution is -2.69. The van der Waals surface area contributed by atoms with E-state index >= 15 is 0 Å². The lowest BCUT2D eigenvalue weighted by molar-refractivity contribution is -0.395. The van der Waals surface area contributed by atoms with Crippen LogP contribution in [0.15, 0.2) is 5.11 Å². The molecule has 454 valence electrons. The molecular weight excluding hydrogens is 1040 g/mol. The number of nitrogens with zero attached hydrogens (tertiary/aromatic N) is 3. The van der Waals surface area contributed by atoms with Crippen LogP contribution in [-0.4, -0.2) is 281 Å². The minimum Gasteiger partial charge on any atom is -0.394 e. The molecule has 27 nitrogen and oxygen atoms in total. The molecular formula is C51H91N3O24. The van der Waals surface area contributed by atoms with Crippen molar-refractivity contribution in [2.45, 2.75) is 199 Å². The zero-order chi connectivity index (χ0) is 57.1. The third-order valence-electron chi connectivity index (χ3n) is 16.6. The van der Waals surface area contributed by atoms with Gasteiger partial charge in [-0.25, -0.2) is 0 Å². The third kappa shape index (κ3) is 13.5. The first kappa shape index (κ1) is 65.5. The van der Waals surface area contributed by atoms with Crippen LogP contribution in [0.2, 0.25) is 0 Å². The number of azide groups is 1. The molecule has 6 aliphatic heterocycles. The molecule has 2 bridgehead atoms. The van der Waals surface area contributed by atoms with Gasteiger partial charge in [0.1, 0.15) is 85.4 Å². The van der Waals surface area contributed by atoms with E-state index in [2.05, 4.69) is 10.0 Å². The van der Waals surface area contributed by atoms with E-state index in [-0.39, 0.29) is 26.4 Å². The molecule has 6 rings (SSSR count). The smallest absolute Gasteiger partial charge is 0.187 e. The van der Waals surface area contributed by atoms with Crippen LogP contribution in [0.3, 0.4) is 0 Å². The second kappa shape index (κ2) is 30.2. The molecule has 12 unspecified atom stereocenters. The summed E-state index contributed by atoms with van der Waals surface area (Å²) in [5.41, 5.74) is 7.36. The van der Waals surface area contributed by atoms with Crippen LogP contribution in [0.25, 0.3) is 10.4 Å². The van der Waals surface area contributed by atoms with Crippen LogP contribution in [-0.2, 0) is 104 Å². The Kier molecular flexibility index (Phi) is 25.4. The Morgan fingerprint density at radius 1 is 0.513 bits per heavy atom. The minimum atomic E-state index is -1.21. The first-order chi connectivity index (χ1) is 37.6. The second-order valence-electron chi connectivity index (χ2n) is 20.8. The van der Waals surface area contributed by atoms with Crippen molar-refractivity contribution in [2.75, 3.05) is 118 Å². The van der Waals surface area contributed by atoms with Gasteiger partial charge < -0.3 is 114 Å². The highest BCUT2D eigenvalue weighted by Crippen LogP contribution is 2.48. The van der Waals surface area contributed by atoms with Gasteiger partial charge in [0.05, 0.1) is 68.7 Å². The molecule has 0 saturated carbocycles. The summed E-state index contributed by atoms with van der Waals surface area (Å²) in [4.78, 5) is 3.07. The molecule has 6 saturated heterocycles. The Balaban J connectivity index is 1.28. The minimum absolute atomic E-state index is 0.0191. The van der Waals surface area contributed by atoms with E-state index in [4.69, 9.17) is 104 Å². The fourth-order valence-corrected chi connectivity index (χ4v) is 12.8. The van der Waals surface area contributed by atoms with E-state index in [1.54, 1.807) is 42.7 Å². The number of aliphatic hydroxyl groups excluding tert-OH is 2. The standard InChI is InChI=1S/C51H91N3O24/c1-17-19-51(4,78-49-44(68-16)40(64-12)35(29(74-49)23-59-7)76-47-42(66-14)38(62-10)33(56)25(20-55)70-47)31-26(21-57-5)72-46(41(65-13)37(31)61-9)75-34-28(22-58-6)73-48(43(67-15)39(34)63-11)77-50(3,18-2)30-27-24-69-45(71-27)32(53-54-52)36(30)60-8/h25-49,55-56H,17-24H2,1-16H3/t25?,26-,27?,28-,29?,30-,31+,32-,33+,34+,35+,36?,37?,38?,39?,40?,41?,42-,43?,44-,45+,46+,47-,48-,49-,50?,51?/m0/s1.